The van der Waals surface area contributed by atoms with Crippen molar-refractivity contribution in [3.8, 4) is 11.5 Å². The first-order valence-corrected chi connectivity index (χ1v) is 6.51. The SMILES string of the molecule is Cc1ccccc1NC(=O)c1cccc2c1OCCO2. The zero-order valence-corrected chi connectivity index (χ0v) is 11.2. The van der Waals surface area contributed by atoms with E-state index >= 15 is 0 Å². The van der Waals surface area contributed by atoms with Gasteiger partial charge >= 0.3 is 0 Å². The lowest BCUT2D eigenvalue weighted by molar-refractivity contribution is 0.101. The number of fused-ring (bicyclic) bond motifs is 1. The maximum atomic E-state index is 12.4. The second-order valence-electron chi connectivity index (χ2n) is 4.60. The molecule has 0 aromatic heterocycles. The molecule has 0 saturated heterocycles. The highest BCUT2D eigenvalue weighted by atomic mass is 16.6. The second-order valence-corrected chi connectivity index (χ2v) is 4.60. The molecule has 1 aliphatic rings. The van der Waals surface area contributed by atoms with E-state index in [1.54, 1.807) is 18.2 Å². The summed E-state index contributed by atoms with van der Waals surface area (Å²) in [5.41, 5.74) is 2.31. The van der Waals surface area contributed by atoms with Crippen molar-refractivity contribution in [1.82, 2.24) is 0 Å². The minimum absolute atomic E-state index is 0.193. The molecule has 1 amide bonds. The van der Waals surface area contributed by atoms with E-state index in [4.69, 9.17) is 9.47 Å². The number of ether oxygens (including phenoxy) is 2. The summed E-state index contributed by atoms with van der Waals surface area (Å²) in [5.74, 6) is 0.945. The lowest BCUT2D eigenvalue weighted by atomic mass is 10.1. The monoisotopic (exact) mass is 269 g/mol. The van der Waals surface area contributed by atoms with Crippen LogP contribution >= 0.6 is 0 Å². The van der Waals surface area contributed by atoms with E-state index in [0.717, 1.165) is 11.3 Å². The first-order chi connectivity index (χ1) is 9.75. The zero-order chi connectivity index (χ0) is 13.9. The Kier molecular flexibility index (Phi) is 3.29. The van der Waals surface area contributed by atoms with Gasteiger partial charge in [-0.3, -0.25) is 4.79 Å². The molecule has 20 heavy (non-hydrogen) atoms. The van der Waals surface area contributed by atoms with Crippen LogP contribution in [0.25, 0.3) is 0 Å². The standard InChI is InChI=1S/C16H15NO3/c1-11-5-2-3-7-13(11)17-16(18)12-6-4-8-14-15(12)20-10-9-19-14/h2-8H,9-10H2,1H3,(H,17,18). The molecular formula is C16H15NO3. The summed E-state index contributed by atoms with van der Waals surface area (Å²) >= 11 is 0. The van der Waals surface area contributed by atoms with Crippen LogP contribution in [0.3, 0.4) is 0 Å². The van der Waals surface area contributed by atoms with Crippen LogP contribution in [0.4, 0.5) is 5.69 Å². The average molecular weight is 269 g/mol. The molecule has 0 atom stereocenters. The van der Waals surface area contributed by atoms with Crippen LogP contribution in [0.2, 0.25) is 0 Å². The van der Waals surface area contributed by atoms with Gasteiger partial charge in [0.25, 0.3) is 5.91 Å². The van der Waals surface area contributed by atoms with E-state index in [-0.39, 0.29) is 5.91 Å². The third kappa shape index (κ3) is 2.32. The first-order valence-electron chi connectivity index (χ1n) is 6.51. The fourth-order valence-corrected chi connectivity index (χ4v) is 2.16. The summed E-state index contributed by atoms with van der Waals surface area (Å²) in [6, 6.07) is 13.0. The van der Waals surface area contributed by atoms with Crippen molar-refractivity contribution in [1.29, 1.82) is 0 Å². The van der Waals surface area contributed by atoms with Gasteiger partial charge in [0, 0.05) is 5.69 Å². The summed E-state index contributed by atoms with van der Waals surface area (Å²) in [6.45, 7) is 2.92. The van der Waals surface area contributed by atoms with Crippen molar-refractivity contribution in [2.45, 2.75) is 6.92 Å². The normalized spacial score (nSPS) is 12.8. The molecule has 0 radical (unpaired) electrons. The molecule has 0 spiro atoms. The van der Waals surface area contributed by atoms with Gasteiger partial charge in [0.05, 0.1) is 5.56 Å². The zero-order valence-electron chi connectivity index (χ0n) is 11.2. The van der Waals surface area contributed by atoms with Crippen LogP contribution in [-0.2, 0) is 0 Å². The Morgan fingerprint density at radius 2 is 1.85 bits per heavy atom. The van der Waals surface area contributed by atoms with Gasteiger partial charge in [0.1, 0.15) is 13.2 Å². The number of rotatable bonds is 2. The number of hydrogen-bond acceptors (Lipinski definition) is 3. The highest BCUT2D eigenvalue weighted by Gasteiger charge is 2.20. The highest BCUT2D eigenvalue weighted by molar-refractivity contribution is 6.07. The molecule has 2 aromatic rings. The molecule has 3 rings (SSSR count). The summed E-state index contributed by atoms with van der Waals surface area (Å²) < 4.78 is 11.0. The Morgan fingerprint density at radius 1 is 1.05 bits per heavy atom. The van der Waals surface area contributed by atoms with Gasteiger partial charge in [0.15, 0.2) is 11.5 Å². The van der Waals surface area contributed by atoms with Crippen LogP contribution in [0.1, 0.15) is 15.9 Å². The molecule has 1 N–H and O–H groups in total. The Bertz CT molecular complexity index is 652. The van der Waals surface area contributed by atoms with Crippen LogP contribution in [-0.4, -0.2) is 19.1 Å². The molecule has 1 heterocycles. The summed E-state index contributed by atoms with van der Waals surface area (Å²) in [5, 5.41) is 2.90. The van der Waals surface area contributed by atoms with Crippen molar-refractivity contribution >= 4 is 11.6 Å². The van der Waals surface area contributed by atoms with Gasteiger partial charge < -0.3 is 14.8 Å². The summed E-state index contributed by atoms with van der Waals surface area (Å²) in [7, 11) is 0. The number of para-hydroxylation sites is 2. The Hall–Kier alpha value is -2.49. The van der Waals surface area contributed by atoms with Crippen molar-refractivity contribution in [2.75, 3.05) is 18.5 Å². The topological polar surface area (TPSA) is 47.6 Å². The first kappa shape index (κ1) is 12.5. The predicted molar refractivity (Wildman–Crippen MR) is 76.6 cm³/mol. The maximum absolute atomic E-state index is 12.4. The van der Waals surface area contributed by atoms with Crippen LogP contribution in [0.15, 0.2) is 42.5 Å². The minimum Gasteiger partial charge on any atom is -0.486 e. The van der Waals surface area contributed by atoms with E-state index in [0.29, 0.717) is 30.3 Å². The molecule has 0 aliphatic carbocycles. The lowest BCUT2D eigenvalue weighted by Crippen LogP contribution is -2.20. The number of nitrogens with one attached hydrogen (secondary N) is 1. The minimum atomic E-state index is -0.193. The Morgan fingerprint density at radius 3 is 2.70 bits per heavy atom. The molecule has 102 valence electrons. The number of aryl methyl sites for hydroxylation is 1. The smallest absolute Gasteiger partial charge is 0.259 e. The second kappa shape index (κ2) is 5.25. The lowest BCUT2D eigenvalue weighted by Gasteiger charge is -2.20. The maximum Gasteiger partial charge on any atom is 0.259 e. The molecule has 0 bridgehead atoms. The van der Waals surface area contributed by atoms with E-state index in [1.165, 1.54) is 0 Å². The van der Waals surface area contributed by atoms with Gasteiger partial charge in [-0.25, -0.2) is 0 Å². The molecule has 0 unspecified atom stereocenters. The van der Waals surface area contributed by atoms with Gasteiger partial charge in [-0.2, -0.15) is 0 Å². The number of anilines is 1. The number of carbonyl (C=O) groups is 1. The quantitative estimate of drug-likeness (QED) is 0.911. The van der Waals surface area contributed by atoms with Crippen LogP contribution < -0.4 is 14.8 Å². The van der Waals surface area contributed by atoms with E-state index in [9.17, 15) is 4.79 Å². The molecule has 2 aromatic carbocycles. The van der Waals surface area contributed by atoms with E-state index in [2.05, 4.69) is 5.32 Å². The average Bonchev–Trinajstić information content (AvgIpc) is 2.49. The third-order valence-electron chi connectivity index (χ3n) is 3.20. The predicted octanol–water partition coefficient (Wildman–Crippen LogP) is 3.02. The summed E-state index contributed by atoms with van der Waals surface area (Å²) in [4.78, 5) is 12.4. The third-order valence-corrected chi connectivity index (χ3v) is 3.20. The van der Waals surface area contributed by atoms with Gasteiger partial charge in [-0.15, -0.1) is 0 Å². The number of amides is 1. The van der Waals surface area contributed by atoms with Gasteiger partial charge in [0.2, 0.25) is 0 Å². The van der Waals surface area contributed by atoms with E-state index in [1.807, 2.05) is 31.2 Å². The van der Waals surface area contributed by atoms with Crippen molar-refractivity contribution in [3.05, 3.63) is 53.6 Å². The van der Waals surface area contributed by atoms with E-state index < -0.39 is 0 Å². The Labute approximate surface area is 117 Å². The van der Waals surface area contributed by atoms with Gasteiger partial charge in [-0.05, 0) is 30.7 Å². The van der Waals surface area contributed by atoms with Crippen molar-refractivity contribution < 1.29 is 14.3 Å². The van der Waals surface area contributed by atoms with Gasteiger partial charge in [-0.1, -0.05) is 24.3 Å². The van der Waals surface area contributed by atoms with Crippen LogP contribution in [0, 0.1) is 6.92 Å². The summed E-state index contributed by atoms with van der Waals surface area (Å²) in [6.07, 6.45) is 0. The highest BCUT2D eigenvalue weighted by Crippen LogP contribution is 2.34. The van der Waals surface area contributed by atoms with Crippen molar-refractivity contribution in [2.24, 2.45) is 0 Å². The number of hydrogen-bond donors (Lipinski definition) is 1. The van der Waals surface area contributed by atoms with Crippen molar-refractivity contribution in [3.63, 3.8) is 0 Å². The Balaban J connectivity index is 1.90. The molecule has 4 heteroatoms. The molecular weight excluding hydrogens is 254 g/mol. The molecule has 0 saturated carbocycles. The molecule has 4 nitrogen and oxygen atoms in total. The largest absolute Gasteiger partial charge is 0.486 e. The number of carbonyl (C=O) groups excluding carboxylic acids is 1. The fraction of sp³-hybridized carbons (Fsp3) is 0.188. The molecule has 0 fully saturated rings. The van der Waals surface area contributed by atoms with Crippen LogP contribution in [0.5, 0.6) is 11.5 Å². The molecule has 1 aliphatic heterocycles. The number of benzene rings is 2. The fourth-order valence-electron chi connectivity index (χ4n) is 2.16.